The van der Waals surface area contributed by atoms with Gasteiger partial charge in [-0.25, -0.2) is 9.97 Å². The minimum absolute atomic E-state index is 0.353. The largest absolute Gasteiger partial charge is 0.452 e. The second kappa shape index (κ2) is 3.96. The van der Waals surface area contributed by atoms with E-state index in [4.69, 9.17) is 10.5 Å². The van der Waals surface area contributed by atoms with Gasteiger partial charge in [0.05, 0.1) is 6.20 Å². The van der Waals surface area contributed by atoms with Crippen LogP contribution >= 0.6 is 0 Å². The van der Waals surface area contributed by atoms with Gasteiger partial charge in [-0.05, 0) is 19.1 Å². The van der Waals surface area contributed by atoms with Crippen molar-refractivity contribution >= 4 is 5.82 Å². The van der Waals surface area contributed by atoms with E-state index in [1.807, 2.05) is 30.3 Å². The molecular formula is C11H11N3O. The highest BCUT2D eigenvalue weighted by Crippen LogP contribution is 2.24. The van der Waals surface area contributed by atoms with Gasteiger partial charge in [0.25, 0.3) is 0 Å². The van der Waals surface area contributed by atoms with Crippen molar-refractivity contribution in [1.82, 2.24) is 9.97 Å². The summed E-state index contributed by atoms with van der Waals surface area (Å²) in [4.78, 5) is 8.03. The van der Waals surface area contributed by atoms with E-state index in [0.717, 1.165) is 5.75 Å². The van der Waals surface area contributed by atoms with Crippen LogP contribution in [0.25, 0.3) is 0 Å². The number of para-hydroxylation sites is 1. The van der Waals surface area contributed by atoms with E-state index in [1.54, 1.807) is 13.1 Å². The molecule has 0 amide bonds. The predicted molar refractivity (Wildman–Crippen MR) is 57.7 cm³/mol. The van der Waals surface area contributed by atoms with Crippen molar-refractivity contribution in [2.24, 2.45) is 0 Å². The quantitative estimate of drug-likeness (QED) is 0.808. The molecule has 2 N–H and O–H groups in total. The van der Waals surface area contributed by atoms with E-state index in [0.29, 0.717) is 17.4 Å². The maximum atomic E-state index is 5.69. The summed E-state index contributed by atoms with van der Waals surface area (Å²) >= 11 is 0. The lowest BCUT2D eigenvalue weighted by molar-refractivity contribution is 0.480. The van der Waals surface area contributed by atoms with Gasteiger partial charge in [0.1, 0.15) is 11.6 Å². The number of aromatic nitrogens is 2. The molecule has 0 radical (unpaired) electrons. The van der Waals surface area contributed by atoms with Crippen LogP contribution in [-0.4, -0.2) is 9.97 Å². The monoisotopic (exact) mass is 201 g/mol. The molecule has 0 saturated carbocycles. The van der Waals surface area contributed by atoms with Crippen LogP contribution in [0.5, 0.6) is 11.5 Å². The molecule has 76 valence electrons. The van der Waals surface area contributed by atoms with Gasteiger partial charge in [-0.2, -0.15) is 0 Å². The number of anilines is 1. The molecule has 1 aromatic heterocycles. The first-order chi connectivity index (χ1) is 7.25. The highest BCUT2D eigenvalue weighted by molar-refractivity contribution is 5.46. The Labute approximate surface area is 87.7 Å². The first kappa shape index (κ1) is 9.45. The Balaban J connectivity index is 2.25. The SMILES string of the molecule is Cc1ncc(Oc2ccccc2)c(N)n1. The molecule has 0 unspecified atom stereocenters. The number of benzene rings is 1. The van der Waals surface area contributed by atoms with Crippen molar-refractivity contribution in [2.45, 2.75) is 6.92 Å². The van der Waals surface area contributed by atoms with Crippen molar-refractivity contribution < 1.29 is 4.74 Å². The fourth-order valence-electron chi connectivity index (χ4n) is 1.17. The summed E-state index contributed by atoms with van der Waals surface area (Å²) in [6, 6.07) is 9.39. The molecule has 1 aromatic carbocycles. The third-order valence-electron chi connectivity index (χ3n) is 1.87. The minimum atomic E-state index is 0.353. The highest BCUT2D eigenvalue weighted by Gasteiger charge is 2.03. The smallest absolute Gasteiger partial charge is 0.187 e. The van der Waals surface area contributed by atoms with Crippen molar-refractivity contribution in [2.75, 3.05) is 5.73 Å². The molecule has 2 rings (SSSR count). The molecule has 4 heteroatoms. The van der Waals surface area contributed by atoms with Gasteiger partial charge in [-0.1, -0.05) is 18.2 Å². The van der Waals surface area contributed by atoms with Gasteiger partial charge in [0, 0.05) is 0 Å². The summed E-state index contributed by atoms with van der Waals surface area (Å²) in [5.74, 6) is 2.18. The average molecular weight is 201 g/mol. The van der Waals surface area contributed by atoms with E-state index in [9.17, 15) is 0 Å². The van der Waals surface area contributed by atoms with Gasteiger partial charge < -0.3 is 10.5 Å². The maximum absolute atomic E-state index is 5.69. The van der Waals surface area contributed by atoms with Crippen LogP contribution in [0.15, 0.2) is 36.5 Å². The second-order valence-corrected chi connectivity index (χ2v) is 3.08. The molecular weight excluding hydrogens is 190 g/mol. The fraction of sp³-hybridized carbons (Fsp3) is 0.0909. The van der Waals surface area contributed by atoms with Crippen LogP contribution in [0.3, 0.4) is 0 Å². The first-order valence-corrected chi connectivity index (χ1v) is 4.58. The van der Waals surface area contributed by atoms with Gasteiger partial charge in [0.2, 0.25) is 0 Å². The molecule has 2 aromatic rings. The summed E-state index contributed by atoms with van der Waals surface area (Å²) in [5, 5.41) is 0. The molecule has 0 fully saturated rings. The molecule has 0 atom stereocenters. The Kier molecular flexibility index (Phi) is 2.49. The number of hydrogen-bond acceptors (Lipinski definition) is 4. The van der Waals surface area contributed by atoms with Crippen molar-refractivity contribution in [3.05, 3.63) is 42.4 Å². The number of nitrogens with two attached hydrogens (primary N) is 1. The molecule has 0 aliphatic carbocycles. The van der Waals surface area contributed by atoms with E-state index >= 15 is 0 Å². The van der Waals surface area contributed by atoms with E-state index in [-0.39, 0.29) is 0 Å². The number of nitrogen functional groups attached to an aromatic ring is 1. The number of hydrogen-bond donors (Lipinski definition) is 1. The van der Waals surface area contributed by atoms with Gasteiger partial charge in [0.15, 0.2) is 11.6 Å². The first-order valence-electron chi connectivity index (χ1n) is 4.58. The van der Waals surface area contributed by atoms with Crippen LogP contribution in [0.4, 0.5) is 5.82 Å². The molecule has 0 aliphatic rings. The maximum Gasteiger partial charge on any atom is 0.187 e. The molecule has 15 heavy (non-hydrogen) atoms. The molecule has 0 bridgehead atoms. The molecule has 1 heterocycles. The normalized spacial score (nSPS) is 9.93. The van der Waals surface area contributed by atoms with E-state index in [2.05, 4.69) is 9.97 Å². The topological polar surface area (TPSA) is 61.0 Å². The number of ether oxygens (including phenoxy) is 1. The Morgan fingerprint density at radius 1 is 1.20 bits per heavy atom. The van der Waals surface area contributed by atoms with Gasteiger partial charge >= 0.3 is 0 Å². The van der Waals surface area contributed by atoms with Crippen LogP contribution in [0.1, 0.15) is 5.82 Å². The zero-order valence-corrected chi connectivity index (χ0v) is 8.34. The lowest BCUT2D eigenvalue weighted by Gasteiger charge is -2.06. The number of aryl methyl sites for hydroxylation is 1. The Morgan fingerprint density at radius 2 is 1.93 bits per heavy atom. The second-order valence-electron chi connectivity index (χ2n) is 3.08. The molecule has 0 spiro atoms. The number of rotatable bonds is 2. The fourth-order valence-corrected chi connectivity index (χ4v) is 1.17. The van der Waals surface area contributed by atoms with Crippen LogP contribution < -0.4 is 10.5 Å². The third kappa shape index (κ3) is 2.22. The molecule has 0 aliphatic heterocycles. The van der Waals surface area contributed by atoms with E-state index in [1.165, 1.54) is 0 Å². The summed E-state index contributed by atoms with van der Waals surface area (Å²) in [5.41, 5.74) is 5.69. The Morgan fingerprint density at radius 3 is 2.60 bits per heavy atom. The third-order valence-corrected chi connectivity index (χ3v) is 1.87. The lowest BCUT2D eigenvalue weighted by atomic mass is 10.3. The van der Waals surface area contributed by atoms with E-state index < -0.39 is 0 Å². The van der Waals surface area contributed by atoms with Crippen LogP contribution in [0.2, 0.25) is 0 Å². The van der Waals surface area contributed by atoms with Gasteiger partial charge in [-0.15, -0.1) is 0 Å². The van der Waals surface area contributed by atoms with Crippen molar-refractivity contribution in [1.29, 1.82) is 0 Å². The zero-order valence-electron chi connectivity index (χ0n) is 8.34. The molecule has 4 nitrogen and oxygen atoms in total. The number of nitrogens with zero attached hydrogens (tertiary/aromatic N) is 2. The summed E-state index contributed by atoms with van der Waals surface area (Å²) < 4.78 is 5.51. The lowest BCUT2D eigenvalue weighted by Crippen LogP contribution is -1.98. The van der Waals surface area contributed by atoms with Crippen LogP contribution in [0, 0.1) is 6.92 Å². The summed E-state index contributed by atoms with van der Waals surface area (Å²) in [6.45, 7) is 1.78. The predicted octanol–water partition coefficient (Wildman–Crippen LogP) is 2.16. The summed E-state index contributed by atoms with van der Waals surface area (Å²) in [6.07, 6.45) is 1.57. The summed E-state index contributed by atoms with van der Waals surface area (Å²) in [7, 11) is 0. The average Bonchev–Trinajstić information content (AvgIpc) is 2.24. The van der Waals surface area contributed by atoms with Crippen LogP contribution in [-0.2, 0) is 0 Å². The Bertz CT molecular complexity index is 457. The minimum Gasteiger partial charge on any atom is -0.452 e. The van der Waals surface area contributed by atoms with Gasteiger partial charge in [-0.3, -0.25) is 0 Å². The Hall–Kier alpha value is -2.10. The van der Waals surface area contributed by atoms with Crippen molar-refractivity contribution in [3.8, 4) is 11.5 Å². The van der Waals surface area contributed by atoms with Crippen molar-refractivity contribution in [3.63, 3.8) is 0 Å². The molecule has 0 saturated heterocycles. The standard InChI is InChI=1S/C11H11N3O/c1-8-13-7-10(11(12)14-8)15-9-5-3-2-4-6-9/h2-7H,1H3,(H2,12,13,14). The highest BCUT2D eigenvalue weighted by atomic mass is 16.5. The zero-order chi connectivity index (χ0) is 10.7.